The lowest BCUT2D eigenvalue weighted by Gasteiger charge is -2.38. The van der Waals surface area contributed by atoms with Crippen molar-refractivity contribution >= 4 is 5.97 Å². The molecule has 0 aliphatic rings. The normalized spacial score (nSPS) is 12.7. The first-order valence-corrected chi connectivity index (χ1v) is 14.8. The Morgan fingerprint density at radius 3 is 0.952 bits per heavy atom. The van der Waals surface area contributed by atoms with Gasteiger partial charge in [-0.25, -0.2) is 4.79 Å². The van der Waals surface area contributed by atoms with Crippen molar-refractivity contribution in [3.8, 4) is 5.75 Å². The summed E-state index contributed by atoms with van der Waals surface area (Å²) in [7, 11) is 0. The Hall–Kier alpha value is -3.85. The molecule has 0 radical (unpaired) electrons. The second kappa shape index (κ2) is 11.4. The Morgan fingerprint density at radius 1 is 0.476 bits per heavy atom. The molecule has 0 fully saturated rings. The molecule has 3 nitrogen and oxygen atoms in total. The number of benzene rings is 4. The molecule has 220 valence electrons. The van der Waals surface area contributed by atoms with Gasteiger partial charge >= 0.3 is 5.97 Å². The molecule has 1 N–H and O–H groups in total. The van der Waals surface area contributed by atoms with Gasteiger partial charge < -0.3 is 9.84 Å². The van der Waals surface area contributed by atoms with Crippen molar-refractivity contribution in [3.05, 3.63) is 136 Å². The molecule has 3 heteroatoms. The number of carboxylic acids is 1. The first kappa shape index (κ1) is 31.1. The lowest BCUT2D eigenvalue weighted by molar-refractivity contribution is -0.139. The van der Waals surface area contributed by atoms with Gasteiger partial charge in [-0.15, -0.1) is 0 Å². The molecule has 0 aromatic heterocycles. The number of aliphatic carboxylic acids is 1. The van der Waals surface area contributed by atoms with Gasteiger partial charge in [0, 0.05) is 0 Å². The predicted molar refractivity (Wildman–Crippen MR) is 174 cm³/mol. The highest BCUT2D eigenvalue weighted by atomic mass is 16.5. The van der Waals surface area contributed by atoms with Crippen LogP contribution in [0.25, 0.3) is 0 Å². The number of rotatable bonds is 7. The maximum Gasteiger partial charge on any atom is 0.341 e. The zero-order chi connectivity index (χ0) is 30.9. The minimum atomic E-state index is -0.995. The maximum absolute atomic E-state index is 11.1. The van der Waals surface area contributed by atoms with E-state index in [4.69, 9.17) is 9.84 Å². The Labute approximate surface area is 252 Å². The number of hydrogen-bond acceptors (Lipinski definition) is 2. The third-order valence-corrected chi connectivity index (χ3v) is 8.20. The molecule has 0 amide bonds. The molecule has 0 spiro atoms. The third-order valence-electron chi connectivity index (χ3n) is 8.20. The molecule has 0 atom stereocenters. The van der Waals surface area contributed by atoms with Crippen LogP contribution in [-0.4, -0.2) is 17.7 Å². The summed E-state index contributed by atoms with van der Waals surface area (Å²) in [6.45, 7) is 19.8. The Balaban J connectivity index is 2.03. The van der Waals surface area contributed by atoms with Crippen LogP contribution in [0, 0.1) is 0 Å². The molecule has 0 unspecified atom stereocenters. The van der Waals surface area contributed by atoms with E-state index in [9.17, 15) is 4.79 Å². The zero-order valence-corrected chi connectivity index (χ0v) is 26.7. The number of ether oxygens (including phenoxy) is 1. The van der Waals surface area contributed by atoms with Crippen LogP contribution in [-0.2, 0) is 26.5 Å². The Bertz CT molecular complexity index is 1350. The average molecular weight is 563 g/mol. The van der Waals surface area contributed by atoms with Gasteiger partial charge in [-0.2, -0.15) is 0 Å². The van der Waals surface area contributed by atoms with Gasteiger partial charge in [0.25, 0.3) is 0 Å². The van der Waals surface area contributed by atoms with E-state index in [0.29, 0.717) is 5.75 Å². The zero-order valence-electron chi connectivity index (χ0n) is 26.7. The molecular formula is C39H46O3. The van der Waals surface area contributed by atoms with E-state index in [2.05, 4.69) is 147 Å². The summed E-state index contributed by atoms with van der Waals surface area (Å²) in [5, 5.41) is 9.12. The molecule has 4 aromatic rings. The second-order valence-corrected chi connectivity index (χ2v) is 14.4. The van der Waals surface area contributed by atoms with Gasteiger partial charge in [-0.1, -0.05) is 147 Å². The van der Waals surface area contributed by atoms with Crippen LogP contribution in [0.3, 0.4) is 0 Å². The monoisotopic (exact) mass is 562 g/mol. The summed E-state index contributed by atoms with van der Waals surface area (Å²) >= 11 is 0. The second-order valence-electron chi connectivity index (χ2n) is 14.4. The Morgan fingerprint density at radius 2 is 0.714 bits per heavy atom. The fourth-order valence-corrected chi connectivity index (χ4v) is 5.61. The minimum absolute atomic E-state index is 0.0348. The highest BCUT2D eigenvalue weighted by molar-refractivity contribution is 5.68. The first-order valence-electron chi connectivity index (χ1n) is 14.8. The van der Waals surface area contributed by atoms with Gasteiger partial charge in [0.15, 0.2) is 6.61 Å². The van der Waals surface area contributed by atoms with Crippen LogP contribution in [0.15, 0.2) is 97.1 Å². The van der Waals surface area contributed by atoms with Gasteiger partial charge in [-0.3, -0.25) is 0 Å². The Kier molecular flexibility index (Phi) is 8.47. The van der Waals surface area contributed by atoms with E-state index >= 15 is 0 Å². The standard InChI is InChI=1S/C39H46O3/c1-36(2,3)27-10-16-30(17-11-27)39(31-18-12-28(13-19-31)37(4,5)6,32-20-14-29(15-21-32)38(7,8)9)33-22-24-34(25-23-33)42-26-35(40)41/h10-25H,26H2,1-9H3,(H,40,41). The molecule has 4 rings (SSSR count). The molecule has 4 aromatic carbocycles. The topological polar surface area (TPSA) is 46.5 Å². The largest absolute Gasteiger partial charge is 0.482 e. The van der Waals surface area contributed by atoms with E-state index in [1.807, 2.05) is 12.1 Å². The summed E-state index contributed by atoms with van der Waals surface area (Å²) in [5.41, 5.74) is 7.92. The van der Waals surface area contributed by atoms with Gasteiger partial charge in [0.1, 0.15) is 5.75 Å². The predicted octanol–water partition coefficient (Wildman–Crippen LogP) is 9.43. The average Bonchev–Trinajstić information content (AvgIpc) is 2.92. The highest BCUT2D eigenvalue weighted by Crippen LogP contribution is 2.47. The van der Waals surface area contributed by atoms with Crippen LogP contribution >= 0.6 is 0 Å². The van der Waals surface area contributed by atoms with Crippen LogP contribution in [0.1, 0.15) is 101 Å². The van der Waals surface area contributed by atoms with Crippen molar-refractivity contribution in [1.82, 2.24) is 0 Å². The molecule has 0 saturated heterocycles. The smallest absolute Gasteiger partial charge is 0.341 e. The first-order chi connectivity index (χ1) is 19.5. The third kappa shape index (κ3) is 6.46. The molecule has 0 bridgehead atoms. The molecule has 0 saturated carbocycles. The van der Waals surface area contributed by atoms with Crippen molar-refractivity contribution in [2.24, 2.45) is 0 Å². The number of carboxylic acid groups (broad SMARTS) is 1. The van der Waals surface area contributed by atoms with Crippen LogP contribution < -0.4 is 4.74 Å². The number of hydrogen-bond donors (Lipinski definition) is 1. The summed E-state index contributed by atoms with van der Waals surface area (Å²) in [4.78, 5) is 11.1. The molecule has 0 aliphatic carbocycles. The van der Waals surface area contributed by atoms with Crippen molar-refractivity contribution in [3.63, 3.8) is 0 Å². The highest BCUT2D eigenvalue weighted by Gasteiger charge is 2.39. The van der Waals surface area contributed by atoms with Gasteiger partial charge in [0.2, 0.25) is 0 Å². The van der Waals surface area contributed by atoms with Crippen LogP contribution in [0.4, 0.5) is 0 Å². The maximum atomic E-state index is 11.1. The van der Waals surface area contributed by atoms with E-state index in [0.717, 1.165) is 5.56 Å². The van der Waals surface area contributed by atoms with Crippen molar-refractivity contribution in [2.75, 3.05) is 6.61 Å². The van der Waals surface area contributed by atoms with Crippen LogP contribution in [0.2, 0.25) is 0 Å². The minimum Gasteiger partial charge on any atom is -0.482 e. The summed E-state index contributed by atoms with van der Waals surface area (Å²) < 4.78 is 5.51. The molecule has 42 heavy (non-hydrogen) atoms. The summed E-state index contributed by atoms with van der Waals surface area (Å²) in [5.74, 6) is -0.463. The molecule has 0 aliphatic heterocycles. The van der Waals surface area contributed by atoms with E-state index in [-0.39, 0.29) is 22.9 Å². The lowest BCUT2D eigenvalue weighted by atomic mass is 9.64. The summed E-state index contributed by atoms with van der Waals surface area (Å²) in [6, 6.07) is 35.0. The summed E-state index contributed by atoms with van der Waals surface area (Å²) in [6.07, 6.45) is 0. The SMILES string of the molecule is CC(C)(C)c1ccc(C(c2ccc(OCC(=O)O)cc2)(c2ccc(C(C)(C)C)cc2)c2ccc(C(C)(C)C)cc2)cc1. The van der Waals surface area contributed by atoms with E-state index in [1.54, 1.807) is 0 Å². The fraction of sp³-hybridized carbons (Fsp3) is 0.359. The molecular weight excluding hydrogens is 516 g/mol. The lowest BCUT2D eigenvalue weighted by Crippen LogP contribution is -2.31. The van der Waals surface area contributed by atoms with E-state index < -0.39 is 11.4 Å². The van der Waals surface area contributed by atoms with Crippen molar-refractivity contribution in [2.45, 2.75) is 84.0 Å². The van der Waals surface area contributed by atoms with Crippen LogP contribution in [0.5, 0.6) is 5.75 Å². The fourth-order valence-electron chi connectivity index (χ4n) is 5.61. The number of carbonyl (C=O) groups is 1. The van der Waals surface area contributed by atoms with Crippen molar-refractivity contribution in [1.29, 1.82) is 0 Å². The van der Waals surface area contributed by atoms with E-state index in [1.165, 1.54) is 33.4 Å². The van der Waals surface area contributed by atoms with Gasteiger partial charge in [-0.05, 0) is 67.3 Å². The van der Waals surface area contributed by atoms with Gasteiger partial charge in [0.05, 0.1) is 5.41 Å². The molecule has 0 heterocycles. The quantitative estimate of drug-likeness (QED) is 0.228. The van der Waals surface area contributed by atoms with Crippen molar-refractivity contribution < 1.29 is 14.6 Å².